The quantitative estimate of drug-likeness (QED) is 0.776. The molecule has 0 N–H and O–H groups in total. The highest BCUT2D eigenvalue weighted by molar-refractivity contribution is 5.46. The van der Waals surface area contributed by atoms with Crippen LogP contribution in [0.3, 0.4) is 0 Å². The van der Waals surface area contributed by atoms with Gasteiger partial charge in [0.25, 0.3) is 0 Å². The van der Waals surface area contributed by atoms with Gasteiger partial charge in [-0.2, -0.15) is 5.26 Å². The van der Waals surface area contributed by atoms with Crippen molar-refractivity contribution in [2.75, 3.05) is 7.11 Å². The molecule has 88 valence electrons. The van der Waals surface area contributed by atoms with Crippen molar-refractivity contribution in [2.45, 2.75) is 31.1 Å². The number of hydrogen-bond acceptors (Lipinski definition) is 2. The van der Waals surface area contributed by atoms with Crippen molar-refractivity contribution in [3.05, 3.63) is 29.8 Å². The minimum absolute atomic E-state index is 0.282. The second-order valence-electron chi connectivity index (χ2n) is 5.36. The molecule has 1 aromatic rings. The summed E-state index contributed by atoms with van der Waals surface area (Å²) in [5, 5.41) is 9.71. The smallest absolute Gasteiger partial charge is 0.123 e. The van der Waals surface area contributed by atoms with Crippen molar-refractivity contribution in [3.63, 3.8) is 0 Å². The second-order valence-corrected chi connectivity index (χ2v) is 5.36. The number of methoxy groups -OCH3 is 1. The first-order valence-electron chi connectivity index (χ1n) is 6.35. The molecule has 0 saturated heterocycles. The third-order valence-electron chi connectivity index (χ3n) is 4.64. The summed E-state index contributed by atoms with van der Waals surface area (Å²) in [6.45, 7) is 0. The molecule has 2 nitrogen and oxygen atoms in total. The van der Waals surface area contributed by atoms with Crippen molar-refractivity contribution in [3.8, 4) is 11.8 Å². The van der Waals surface area contributed by atoms with E-state index in [-0.39, 0.29) is 5.41 Å². The van der Waals surface area contributed by atoms with Gasteiger partial charge in [0.05, 0.1) is 18.6 Å². The number of para-hydroxylation sites is 1. The third-order valence-corrected chi connectivity index (χ3v) is 4.64. The Kier molecular flexibility index (Phi) is 2.36. The topological polar surface area (TPSA) is 33.0 Å². The van der Waals surface area contributed by atoms with Crippen molar-refractivity contribution >= 4 is 0 Å². The van der Waals surface area contributed by atoms with Gasteiger partial charge in [0.15, 0.2) is 0 Å². The normalized spacial score (nSPS) is 34.6. The Morgan fingerprint density at radius 2 is 2.18 bits per heavy atom. The molecule has 1 aromatic carbocycles. The second kappa shape index (κ2) is 3.77. The Morgan fingerprint density at radius 1 is 1.35 bits per heavy atom. The van der Waals surface area contributed by atoms with Crippen LogP contribution in [0, 0.1) is 23.2 Å². The molecule has 2 aliphatic rings. The summed E-state index contributed by atoms with van der Waals surface area (Å²) in [6.07, 6.45) is 4.76. The minimum atomic E-state index is -0.282. The molecule has 3 atom stereocenters. The van der Waals surface area contributed by atoms with Gasteiger partial charge in [-0.1, -0.05) is 24.6 Å². The molecule has 0 aromatic heterocycles. The first-order valence-corrected chi connectivity index (χ1v) is 6.35. The van der Waals surface area contributed by atoms with E-state index in [1.165, 1.54) is 19.3 Å². The number of nitriles is 1. The zero-order chi connectivity index (χ0) is 11.9. The number of rotatable bonds is 2. The van der Waals surface area contributed by atoms with Crippen molar-refractivity contribution in [2.24, 2.45) is 11.8 Å². The van der Waals surface area contributed by atoms with Crippen LogP contribution in [0.2, 0.25) is 0 Å². The monoisotopic (exact) mass is 227 g/mol. The Morgan fingerprint density at radius 3 is 2.76 bits per heavy atom. The summed E-state index contributed by atoms with van der Waals surface area (Å²) in [4.78, 5) is 0. The number of nitrogens with zero attached hydrogens (tertiary/aromatic N) is 1. The molecule has 17 heavy (non-hydrogen) atoms. The van der Waals surface area contributed by atoms with E-state index in [0.29, 0.717) is 5.92 Å². The van der Waals surface area contributed by atoms with E-state index >= 15 is 0 Å². The molecular formula is C15H17NO. The third kappa shape index (κ3) is 1.38. The van der Waals surface area contributed by atoms with Gasteiger partial charge in [-0.25, -0.2) is 0 Å². The van der Waals surface area contributed by atoms with E-state index in [4.69, 9.17) is 4.74 Å². The maximum absolute atomic E-state index is 9.71. The summed E-state index contributed by atoms with van der Waals surface area (Å²) in [5.41, 5.74) is 0.826. The summed E-state index contributed by atoms with van der Waals surface area (Å²) in [6, 6.07) is 10.7. The van der Waals surface area contributed by atoms with Crippen LogP contribution in [-0.4, -0.2) is 7.11 Å². The number of fused-ring (bicyclic) bond motifs is 2. The largest absolute Gasteiger partial charge is 0.496 e. The zero-order valence-electron chi connectivity index (χ0n) is 10.1. The minimum Gasteiger partial charge on any atom is -0.496 e. The predicted octanol–water partition coefficient (Wildman–Crippen LogP) is 3.28. The predicted molar refractivity (Wildman–Crippen MR) is 65.7 cm³/mol. The van der Waals surface area contributed by atoms with Crippen LogP contribution in [0.25, 0.3) is 0 Å². The zero-order valence-corrected chi connectivity index (χ0v) is 10.1. The van der Waals surface area contributed by atoms with E-state index in [0.717, 1.165) is 23.7 Å². The molecule has 3 rings (SSSR count). The first kappa shape index (κ1) is 10.7. The SMILES string of the molecule is COc1ccccc1C1(C#N)CC2CCC1C2. The van der Waals surface area contributed by atoms with Gasteiger partial charge in [0.2, 0.25) is 0 Å². The van der Waals surface area contributed by atoms with Crippen LogP contribution in [0.15, 0.2) is 24.3 Å². The molecule has 2 aliphatic carbocycles. The van der Waals surface area contributed by atoms with Crippen LogP contribution < -0.4 is 4.74 Å². The maximum Gasteiger partial charge on any atom is 0.123 e. The summed E-state index contributed by atoms with van der Waals surface area (Å²) >= 11 is 0. The van der Waals surface area contributed by atoms with E-state index in [2.05, 4.69) is 12.1 Å². The van der Waals surface area contributed by atoms with Crippen molar-refractivity contribution in [1.82, 2.24) is 0 Å². The van der Waals surface area contributed by atoms with Gasteiger partial charge >= 0.3 is 0 Å². The van der Waals surface area contributed by atoms with Crippen LogP contribution in [0.1, 0.15) is 31.2 Å². The molecule has 2 heteroatoms. The van der Waals surface area contributed by atoms with Gasteiger partial charge in [-0.3, -0.25) is 0 Å². The average molecular weight is 227 g/mol. The highest BCUT2D eigenvalue weighted by atomic mass is 16.5. The molecule has 0 amide bonds. The number of hydrogen-bond donors (Lipinski definition) is 0. The van der Waals surface area contributed by atoms with Gasteiger partial charge in [-0.05, 0) is 37.2 Å². The molecule has 2 saturated carbocycles. The molecule has 2 fully saturated rings. The molecule has 0 aliphatic heterocycles. The standard InChI is InChI=1S/C15H17NO/c1-17-14-5-3-2-4-13(14)15(10-16)9-11-6-7-12(15)8-11/h2-5,11-12H,6-9H2,1H3. The van der Waals surface area contributed by atoms with E-state index in [9.17, 15) is 5.26 Å². The molecule has 0 heterocycles. The Bertz CT molecular complexity index is 476. The van der Waals surface area contributed by atoms with Crippen LogP contribution in [-0.2, 0) is 5.41 Å². The molecule has 3 unspecified atom stereocenters. The van der Waals surface area contributed by atoms with Crippen molar-refractivity contribution < 1.29 is 4.74 Å². The highest BCUT2D eigenvalue weighted by Crippen LogP contribution is 2.58. The lowest BCUT2D eigenvalue weighted by Gasteiger charge is -2.32. The van der Waals surface area contributed by atoms with Crippen molar-refractivity contribution in [1.29, 1.82) is 5.26 Å². The molecule has 0 spiro atoms. The van der Waals surface area contributed by atoms with Gasteiger partial charge in [0.1, 0.15) is 5.75 Å². The summed E-state index contributed by atoms with van der Waals surface area (Å²) in [7, 11) is 1.69. The Hall–Kier alpha value is -1.49. The van der Waals surface area contributed by atoms with E-state index < -0.39 is 0 Å². The summed E-state index contributed by atoms with van der Waals surface area (Å²) in [5.74, 6) is 2.17. The lowest BCUT2D eigenvalue weighted by molar-refractivity contribution is 0.322. The van der Waals surface area contributed by atoms with Gasteiger partial charge in [0, 0.05) is 5.56 Å². The fourth-order valence-corrected chi connectivity index (χ4v) is 3.87. The molecular weight excluding hydrogens is 210 g/mol. The van der Waals surface area contributed by atoms with Crippen LogP contribution in [0.4, 0.5) is 0 Å². The van der Waals surface area contributed by atoms with E-state index in [1.807, 2.05) is 18.2 Å². The van der Waals surface area contributed by atoms with E-state index in [1.54, 1.807) is 7.11 Å². The van der Waals surface area contributed by atoms with Gasteiger partial charge in [-0.15, -0.1) is 0 Å². The van der Waals surface area contributed by atoms with Gasteiger partial charge < -0.3 is 4.74 Å². The summed E-state index contributed by atoms with van der Waals surface area (Å²) < 4.78 is 5.44. The molecule has 0 radical (unpaired) electrons. The number of ether oxygens (including phenoxy) is 1. The average Bonchev–Trinajstić information content (AvgIpc) is 2.99. The fourth-order valence-electron chi connectivity index (χ4n) is 3.87. The first-order chi connectivity index (χ1) is 8.30. The Balaban J connectivity index is 2.10. The maximum atomic E-state index is 9.71. The Labute approximate surface area is 102 Å². The van der Waals surface area contributed by atoms with Crippen LogP contribution in [0.5, 0.6) is 5.75 Å². The molecule has 2 bridgehead atoms. The highest BCUT2D eigenvalue weighted by Gasteiger charge is 2.53. The fraction of sp³-hybridized carbons (Fsp3) is 0.533. The van der Waals surface area contributed by atoms with Crippen LogP contribution >= 0.6 is 0 Å². The lowest BCUT2D eigenvalue weighted by Crippen LogP contribution is -2.31. The number of benzene rings is 1. The lowest BCUT2D eigenvalue weighted by atomic mass is 9.69.